The van der Waals surface area contributed by atoms with E-state index in [1.807, 2.05) is 18.2 Å². The Balaban J connectivity index is 1.31. The molecule has 0 bridgehead atoms. The first-order chi connectivity index (χ1) is 13.1. The number of ketones is 1. The summed E-state index contributed by atoms with van der Waals surface area (Å²) in [5.74, 6) is 3.23. The Morgan fingerprint density at radius 2 is 2.00 bits per heavy atom. The molecule has 0 saturated heterocycles. The zero-order chi connectivity index (χ0) is 19.1. The molecule has 2 aromatic rings. The van der Waals surface area contributed by atoms with Crippen molar-refractivity contribution < 1.29 is 23.8 Å². The van der Waals surface area contributed by atoms with Crippen LogP contribution in [0.2, 0.25) is 0 Å². The number of carbonyl (C=O) groups excluding carboxylic acids is 2. The van der Waals surface area contributed by atoms with Crippen LogP contribution >= 0.6 is 11.8 Å². The molecule has 2 aromatic carbocycles. The highest BCUT2D eigenvalue weighted by Crippen LogP contribution is 2.35. The molecule has 1 amide bonds. The molecule has 0 radical (unpaired) electrons. The van der Waals surface area contributed by atoms with Gasteiger partial charge in [0.05, 0.1) is 12.4 Å². The smallest absolute Gasteiger partial charge is 0.234 e. The molecule has 1 N–H and O–H groups in total. The van der Waals surface area contributed by atoms with Gasteiger partial charge in [-0.15, -0.1) is 0 Å². The number of hydrogen-bond acceptors (Lipinski definition) is 6. The highest BCUT2D eigenvalue weighted by molar-refractivity contribution is 7.99. The Hall–Kier alpha value is -2.67. The first-order valence-electron chi connectivity index (χ1n) is 8.63. The second-order valence-electron chi connectivity index (χ2n) is 5.95. The summed E-state index contributed by atoms with van der Waals surface area (Å²) in [5, 5.41) is 2.81. The second kappa shape index (κ2) is 9.32. The fraction of sp³-hybridized carbons (Fsp3) is 0.300. The van der Waals surface area contributed by atoms with Gasteiger partial charge in [-0.2, -0.15) is 11.8 Å². The molecular weight excluding hydrogens is 366 g/mol. The van der Waals surface area contributed by atoms with Gasteiger partial charge in [0.1, 0.15) is 5.75 Å². The van der Waals surface area contributed by atoms with E-state index in [1.54, 1.807) is 36.0 Å². The molecule has 0 aliphatic carbocycles. The molecule has 1 aliphatic rings. The summed E-state index contributed by atoms with van der Waals surface area (Å²) >= 11 is 1.54. The van der Waals surface area contributed by atoms with Crippen molar-refractivity contribution in [1.29, 1.82) is 0 Å². The number of anilines is 1. The third kappa shape index (κ3) is 5.65. The van der Waals surface area contributed by atoms with Gasteiger partial charge in [0.2, 0.25) is 12.7 Å². The Morgan fingerprint density at radius 3 is 2.85 bits per heavy atom. The number of nitrogens with one attached hydrogen (secondary N) is 1. The maximum absolute atomic E-state index is 12.0. The highest BCUT2D eigenvalue weighted by Gasteiger charge is 2.13. The number of ether oxygens (including phenoxy) is 3. The molecule has 0 atom stereocenters. The van der Waals surface area contributed by atoms with E-state index in [-0.39, 0.29) is 18.5 Å². The van der Waals surface area contributed by atoms with Crippen molar-refractivity contribution in [2.24, 2.45) is 0 Å². The van der Waals surface area contributed by atoms with Crippen LogP contribution in [0.15, 0.2) is 42.5 Å². The van der Waals surface area contributed by atoms with E-state index in [4.69, 9.17) is 14.2 Å². The van der Waals surface area contributed by atoms with Crippen LogP contribution in [0.4, 0.5) is 5.69 Å². The van der Waals surface area contributed by atoms with Crippen LogP contribution < -0.4 is 19.5 Å². The molecule has 3 rings (SSSR count). The van der Waals surface area contributed by atoms with E-state index in [1.165, 1.54) is 6.92 Å². The van der Waals surface area contributed by atoms with Crippen LogP contribution in [0, 0.1) is 0 Å². The standard InChI is InChI=1S/C20H21NO5S/c1-14(22)15-4-2-5-16(10-15)21-20(23)12-27-9-3-8-24-17-6-7-18-19(11-17)26-13-25-18/h2,4-7,10-11H,3,8-9,12-13H2,1H3,(H,21,23). The number of rotatable bonds is 9. The topological polar surface area (TPSA) is 73.9 Å². The van der Waals surface area contributed by atoms with Gasteiger partial charge < -0.3 is 19.5 Å². The van der Waals surface area contributed by atoms with Gasteiger partial charge in [-0.3, -0.25) is 9.59 Å². The van der Waals surface area contributed by atoms with Crippen molar-refractivity contribution in [3.8, 4) is 17.2 Å². The fourth-order valence-corrected chi connectivity index (χ4v) is 3.22. The lowest BCUT2D eigenvalue weighted by Crippen LogP contribution is -2.15. The van der Waals surface area contributed by atoms with Crippen molar-refractivity contribution in [2.45, 2.75) is 13.3 Å². The largest absolute Gasteiger partial charge is 0.493 e. The van der Waals surface area contributed by atoms with Crippen molar-refractivity contribution in [1.82, 2.24) is 0 Å². The van der Waals surface area contributed by atoms with Gasteiger partial charge in [0.25, 0.3) is 0 Å². The monoisotopic (exact) mass is 387 g/mol. The van der Waals surface area contributed by atoms with Gasteiger partial charge >= 0.3 is 0 Å². The average molecular weight is 387 g/mol. The lowest BCUT2D eigenvalue weighted by Gasteiger charge is -2.08. The van der Waals surface area contributed by atoms with Gasteiger partial charge in [-0.1, -0.05) is 12.1 Å². The Labute approximate surface area is 162 Å². The number of benzene rings is 2. The molecule has 0 fully saturated rings. The molecule has 6 nitrogen and oxygen atoms in total. The SMILES string of the molecule is CC(=O)c1cccc(NC(=O)CSCCCOc2ccc3c(c2)OCO3)c1. The van der Waals surface area contributed by atoms with E-state index in [2.05, 4.69) is 5.32 Å². The van der Waals surface area contributed by atoms with Crippen LogP contribution in [0.5, 0.6) is 17.2 Å². The summed E-state index contributed by atoms with van der Waals surface area (Å²) in [5.41, 5.74) is 1.22. The maximum atomic E-state index is 12.0. The van der Waals surface area contributed by atoms with Crippen LogP contribution in [0.25, 0.3) is 0 Å². The predicted octanol–water partition coefficient (Wildman–Crippen LogP) is 3.76. The van der Waals surface area contributed by atoms with E-state index < -0.39 is 0 Å². The number of Topliss-reactive ketones (excluding diaryl/α,β-unsaturated/α-hetero) is 1. The van der Waals surface area contributed by atoms with E-state index in [0.29, 0.717) is 29.4 Å². The summed E-state index contributed by atoms with van der Waals surface area (Å²) in [6, 6.07) is 12.4. The summed E-state index contributed by atoms with van der Waals surface area (Å²) in [6.07, 6.45) is 0.826. The minimum Gasteiger partial charge on any atom is -0.493 e. The highest BCUT2D eigenvalue weighted by atomic mass is 32.2. The Kier molecular flexibility index (Phi) is 6.59. The van der Waals surface area contributed by atoms with Crippen LogP contribution in [0.1, 0.15) is 23.7 Å². The predicted molar refractivity (Wildman–Crippen MR) is 105 cm³/mol. The molecule has 27 heavy (non-hydrogen) atoms. The van der Waals surface area contributed by atoms with Crippen molar-refractivity contribution in [3.63, 3.8) is 0 Å². The number of carbonyl (C=O) groups is 2. The van der Waals surface area contributed by atoms with Crippen molar-refractivity contribution in [2.75, 3.05) is 30.2 Å². The first kappa shape index (κ1) is 19.1. The zero-order valence-corrected chi connectivity index (χ0v) is 15.8. The molecular formula is C20H21NO5S. The lowest BCUT2D eigenvalue weighted by atomic mass is 10.1. The van der Waals surface area contributed by atoms with E-state index in [0.717, 1.165) is 23.7 Å². The van der Waals surface area contributed by atoms with Gasteiger partial charge in [-0.25, -0.2) is 0 Å². The Bertz CT molecular complexity index is 824. The molecule has 0 spiro atoms. The number of hydrogen-bond donors (Lipinski definition) is 1. The Morgan fingerprint density at radius 1 is 1.15 bits per heavy atom. The third-order valence-electron chi connectivity index (χ3n) is 3.83. The molecule has 0 saturated carbocycles. The molecule has 1 heterocycles. The van der Waals surface area contributed by atoms with Gasteiger partial charge in [0, 0.05) is 17.3 Å². The molecule has 0 unspecified atom stereocenters. The minimum absolute atomic E-state index is 0.0251. The van der Waals surface area contributed by atoms with Crippen LogP contribution in [-0.4, -0.2) is 36.6 Å². The van der Waals surface area contributed by atoms with Crippen LogP contribution in [0.3, 0.4) is 0 Å². The quantitative estimate of drug-likeness (QED) is 0.522. The third-order valence-corrected chi connectivity index (χ3v) is 4.88. The summed E-state index contributed by atoms with van der Waals surface area (Å²) < 4.78 is 16.3. The van der Waals surface area contributed by atoms with Gasteiger partial charge in [0.15, 0.2) is 17.3 Å². The summed E-state index contributed by atoms with van der Waals surface area (Å²) in [4.78, 5) is 23.4. The van der Waals surface area contributed by atoms with Crippen molar-refractivity contribution >= 4 is 29.1 Å². The zero-order valence-electron chi connectivity index (χ0n) is 15.0. The first-order valence-corrected chi connectivity index (χ1v) is 9.78. The number of thioether (sulfide) groups is 1. The normalized spacial score (nSPS) is 11.9. The molecule has 142 valence electrons. The molecule has 0 aromatic heterocycles. The number of fused-ring (bicyclic) bond motifs is 1. The average Bonchev–Trinajstić information content (AvgIpc) is 3.12. The van der Waals surface area contributed by atoms with Crippen molar-refractivity contribution in [3.05, 3.63) is 48.0 Å². The molecule has 7 heteroatoms. The number of amides is 1. The maximum Gasteiger partial charge on any atom is 0.234 e. The van der Waals surface area contributed by atoms with Crippen LogP contribution in [-0.2, 0) is 4.79 Å². The molecule has 1 aliphatic heterocycles. The summed E-state index contributed by atoms with van der Waals surface area (Å²) in [6.45, 7) is 2.31. The fourth-order valence-electron chi connectivity index (χ4n) is 2.50. The van der Waals surface area contributed by atoms with E-state index >= 15 is 0 Å². The van der Waals surface area contributed by atoms with Gasteiger partial charge in [-0.05, 0) is 43.4 Å². The minimum atomic E-state index is -0.0857. The second-order valence-corrected chi connectivity index (χ2v) is 7.06. The summed E-state index contributed by atoms with van der Waals surface area (Å²) in [7, 11) is 0. The lowest BCUT2D eigenvalue weighted by molar-refractivity contribution is -0.113. The van der Waals surface area contributed by atoms with E-state index in [9.17, 15) is 9.59 Å².